The van der Waals surface area contributed by atoms with Gasteiger partial charge in [0.2, 0.25) is 0 Å². The zero-order valence-corrected chi connectivity index (χ0v) is 8.48. The van der Waals surface area contributed by atoms with Crippen molar-refractivity contribution >= 4 is 0 Å². The Kier molecular flexibility index (Phi) is 3.38. The number of hydrogen-bond donors (Lipinski definition) is 3. The number of hydrogen-bond acceptors (Lipinski definition) is 4. The summed E-state index contributed by atoms with van der Waals surface area (Å²) in [5.74, 6) is 0.368. The maximum absolute atomic E-state index is 9.83. The molecule has 0 aromatic rings. The molecular formula is C10H20N2O2. The Morgan fingerprint density at radius 3 is 2.50 bits per heavy atom. The molecule has 1 saturated carbocycles. The Bertz CT molecular complexity index is 177. The lowest BCUT2D eigenvalue weighted by molar-refractivity contribution is -0.00269. The smallest absolute Gasteiger partial charge is 0.108 e. The van der Waals surface area contributed by atoms with E-state index in [1.165, 1.54) is 0 Å². The fourth-order valence-electron chi connectivity index (χ4n) is 2.21. The standard InChI is InChI=1S/C10H20N2O2/c11-8-5-7(6-8)10(13)12-9-1-3-14-4-2-9/h7-10,12-13H,1-6,11H2/t7-,8-,10?. The van der Waals surface area contributed by atoms with Gasteiger partial charge in [0.05, 0.1) is 0 Å². The van der Waals surface area contributed by atoms with Gasteiger partial charge in [0.15, 0.2) is 0 Å². The molecule has 4 nitrogen and oxygen atoms in total. The van der Waals surface area contributed by atoms with Gasteiger partial charge < -0.3 is 15.6 Å². The highest BCUT2D eigenvalue weighted by molar-refractivity contribution is 4.87. The first-order chi connectivity index (χ1) is 6.75. The molecule has 0 aromatic carbocycles. The first-order valence-electron chi connectivity index (χ1n) is 5.53. The Balaban J connectivity index is 1.68. The third-order valence-corrected chi connectivity index (χ3v) is 3.29. The third-order valence-electron chi connectivity index (χ3n) is 3.29. The second kappa shape index (κ2) is 4.57. The zero-order valence-electron chi connectivity index (χ0n) is 8.48. The Hall–Kier alpha value is -0.160. The number of ether oxygens (including phenoxy) is 1. The second-order valence-corrected chi connectivity index (χ2v) is 4.49. The molecule has 1 unspecified atom stereocenters. The van der Waals surface area contributed by atoms with Gasteiger partial charge in [-0.15, -0.1) is 0 Å². The van der Waals surface area contributed by atoms with Gasteiger partial charge in [-0.05, 0) is 25.7 Å². The fourth-order valence-corrected chi connectivity index (χ4v) is 2.21. The van der Waals surface area contributed by atoms with Crippen LogP contribution in [0, 0.1) is 5.92 Å². The molecule has 2 aliphatic rings. The largest absolute Gasteiger partial charge is 0.381 e. The normalized spacial score (nSPS) is 36.4. The van der Waals surface area contributed by atoms with E-state index in [2.05, 4.69) is 5.32 Å². The minimum atomic E-state index is -0.363. The summed E-state index contributed by atoms with van der Waals surface area (Å²) in [7, 11) is 0. The molecule has 1 atom stereocenters. The summed E-state index contributed by atoms with van der Waals surface area (Å²) >= 11 is 0. The minimum Gasteiger partial charge on any atom is -0.381 e. The van der Waals surface area contributed by atoms with Gasteiger partial charge in [-0.25, -0.2) is 0 Å². The maximum atomic E-state index is 9.83. The second-order valence-electron chi connectivity index (χ2n) is 4.49. The van der Waals surface area contributed by atoms with Crippen LogP contribution in [0.4, 0.5) is 0 Å². The molecule has 4 N–H and O–H groups in total. The molecular weight excluding hydrogens is 180 g/mol. The fraction of sp³-hybridized carbons (Fsp3) is 1.00. The van der Waals surface area contributed by atoms with Crippen molar-refractivity contribution in [3.63, 3.8) is 0 Å². The topological polar surface area (TPSA) is 67.5 Å². The quantitative estimate of drug-likeness (QED) is 0.552. The predicted octanol–water partition coefficient (Wildman–Crippen LogP) is -0.189. The molecule has 14 heavy (non-hydrogen) atoms. The van der Waals surface area contributed by atoms with E-state index in [4.69, 9.17) is 10.5 Å². The molecule has 1 aliphatic carbocycles. The first-order valence-corrected chi connectivity index (χ1v) is 5.53. The molecule has 0 bridgehead atoms. The van der Waals surface area contributed by atoms with E-state index < -0.39 is 0 Å². The lowest BCUT2D eigenvalue weighted by Gasteiger charge is -2.38. The highest BCUT2D eigenvalue weighted by atomic mass is 16.5. The molecule has 0 radical (unpaired) electrons. The van der Waals surface area contributed by atoms with Crippen LogP contribution in [0.15, 0.2) is 0 Å². The van der Waals surface area contributed by atoms with Crippen LogP contribution in [0.5, 0.6) is 0 Å². The van der Waals surface area contributed by atoms with Crippen molar-refractivity contribution in [2.75, 3.05) is 13.2 Å². The first kappa shape index (κ1) is 10.4. The Morgan fingerprint density at radius 1 is 1.29 bits per heavy atom. The third kappa shape index (κ3) is 2.45. The van der Waals surface area contributed by atoms with Crippen molar-refractivity contribution in [1.82, 2.24) is 5.32 Å². The monoisotopic (exact) mass is 200 g/mol. The van der Waals surface area contributed by atoms with Gasteiger partial charge in [0, 0.05) is 31.2 Å². The number of nitrogens with two attached hydrogens (primary N) is 1. The summed E-state index contributed by atoms with van der Waals surface area (Å²) in [6, 6.07) is 0.738. The minimum absolute atomic E-state index is 0.311. The summed E-state index contributed by atoms with van der Waals surface area (Å²) < 4.78 is 5.26. The van der Waals surface area contributed by atoms with Gasteiger partial charge in [-0.1, -0.05) is 0 Å². The van der Waals surface area contributed by atoms with Crippen LogP contribution >= 0.6 is 0 Å². The van der Waals surface area contributed by atoms with Gasteiger partial charge in [0.25, 0.3) is 0 Å². The summed E-state index contributed by atoms with van der Waals surface area (Å²) in [5, 5.41) is 13.1. The van der Waals surface area contributed by atoms with Crippen LogP contribution in [0.3, 0.4) is 0 Å². The molecule has 2 fully saturated rings. The van der Waals surface area contributed by atoms with Crippen LogP contribution < -0.4 is 11.1 Å². The molecule has 0 aromatic heterocycles. The molecule has 82 valence electrons. The summed E-state index contributed by atoms with van der Waals surface area (Å²) in [6.45, 7) is 1.63. The number of aliphatic hydroxyl groups excluding tert-OH is 1. The van der Waals surface area contributed by atoms with E-state index in [-0.39, 0.29) is 6.23 Å². The molecule has 0 amide bonds. The Morgan fingerprint density at radius 2 is 1.93 bits per heavy atom. The van der Waals surface area contributed by atoms with Gasteiger partial charge in [-0.3, -0.25) is 5.32 Å². The van der Waals surface area contributed by atoms with Crippen LogP contribution in [-0.4, -0.2) is 36.6 Å². The number of nitrogens with one attached hydrogen (secondary N) is 1. The lowest BCUT2D eigenvalue weighted by Crippen LogP contribution is -2.51. The average molecular weight is 200 g/mol. The van der Waals surface area contributed by atoms with Gasteiger partial charge >= 0.3 is 0 Å². The summed E-state index contributed by atoms with van der Waals surface area (Å²) in [4.78, 5) is 0. The van der Waals surface area contributed by atoms with Crippen molar-refractivity contribution in [1.29, 1.82) is 0 Å². The number of rotatable bonds is 3. The van der Waals surface area contributed by atoms with E-state index in [1.807, 2.05) is 0 Å². The van der Waals surface area contributed by atoms with Crippen LogP contribution in [0.1, 0.15) is 25.7 Å². The van der Waals surface area contributed by atoms with Gasteiger partial charge in [-0.2, -0.15) is 0 Å². The summed E-state index contributed by atoms with van der Waals surface area (Å²) in [6.07, 6.45) is 3.57. The molecule has 1 aliphatic heterocycles. The van der Waals surface area contributed by atoms with Crippen LogP contribution in [0.2, 0.25) is 0 Å². The highest BCUT2D eigenvalue weighted by Crippen LogP contribution is 2.28. The molecule has 1 heterocycles. The van der Waals surface area contributed by atoms with Crippen molar-refractivity contribution in [2.45, 2.75) is 44.0 Å². The Labute approximate surface area is 84.8 Å². The maximum Gasteiger partial charge on any atom is 0.108 e. The SMILES string of the molecule is N[C@H]1C[C@H](C(O)NC2CCOCC2)C1. The molecule has 0 spiro atoms. The predicted molar refractivity (Wildman–Crippen MR) is 53.7 cm³/mol. The van der Waals surface area contributed by atoms with E-state index in [9.17, 15) is 5.11 Å². The molecule has 2 rings (SSSR count). The van der Waals surface area contributed by atoms with E-state index in [1.54, 1.807) is 0 Å². The lowest BCUT2D eigenvalue weighted by atomic mass is 9.79. The van der Waals surface area contributed by atoms with E-state index in [0.717, 1.165) is 38.9 Å². The van der Waals surface area contributed by atoms with Crippen molar-refractivity contribution in [2.24, 2.45) is 11.7 Å². The van der Waals surface area contributed by atoms with Crippen LogP contribution in [-0.2, 0) is 4.74 Å². The van der Waals surface area contributed by atoms with Gasteiger partial charge in [0.1, 0.15) is 6.23 Å². The zero-order chi connectivity index (χ0) is 9.97. The van der Waals surface area contributed by atoms with E-state index >= 15 is 0 Å². The van der Waals surface area contributed by atoms with Crippen molar-refractivity contribution < 1.29 is 9.84 Å². The van der Waals surface area contributed by atoms with Crippen molar-refractivity contribution in [3.8, 4) is 0 Å². The highest BCUT2D eigenvalue weighted by Gasteiger charge is 2.33. The van der Waals surface area contributed by atoms with Crippen molar-refractivity contribution in [3.05, 3.63) is 0 Å². The average Bonchev–Trinajstić information content (AvgIpc) is 2.14. The molecule has 4 heteroatoms. The summed E-state index contributed by atoms with van der Waals surface area (Å²) in [5.41, 5.74) is 5.68. The molecule has 1 saturated heterocycles. The number of aliphatic hydroxyl groups is 1. The van der Waals surface area contributed by atoms with Crippen LogP contribution in [0.25, 0.3) is 0 Å². The van der Waals surface area contributed by atoms with E-state index in [0.29, 0.717) is 18.0 Å².